The molecule has 0 aliphatic carbocycles. The van der Waals surface area contributed by atoms with E-state index in [2.05, 4.69) is 21.5 Å². The van der Waals surface area contributed by atoms with Gasteiger partial charge < -0.3 is 4.57 Å². The zero-order chi connectivity index (χ0) is 13.8. The van der Waals surface area contributed by atoms with Crippen LogP contribution in [0.5, 0.6) is 0 Å². The molecule has 0 fully saturated rings. The number of imidazole rings is 1. The third-order valence-corrected chi connectivity index (χ3v) is 3.57. The Morgan fingerprint density at radius 1 is 1.32 bits per heavy atom. The summed E-state index contributed by atoms with van der Waals surface area (Å²) in [6.07, 6.45) is 6.51. The van der Waals surface area contributed by atoms with Gasteiger partial charge in [0, 0.05) is 12.7 Å². The first-order valence-corrected chi connectivity index (χ1v) is 7.60. The fourth-order valence-corrected chi connectivity index (χ4v) is 2.54. The molecule has 2 rings (SSSR count). The Kier molecular flexibility index (Phi) is 5.06. The predicted molar refractivity (Wildman–Crippen MR) is 80.9 cm³/mol. The van der Waals surface area contributed by atoms with Gasteiger partial charge >= 0.3 is 0 Å². The molecule has 1 atom stereocenters. The van der Waals surface area contributed by atoms with Crippen LogP contribution < -0.4 is 0 Å². The molecule has 2 aromatic heterocycles. The van der Waals surface area contributed by atoms with Crippen molar-refractivity contribution in [1.29, 1.82) is 0 Å². The molecule has 19 heavy (non-hydrogen) atoms. The Labute approximate surface area is 123 Å². The lowest BCUT2D eigenvalue weighted by Gasteiger charge is -2.09. The van der Waals surface area contributed by atoms with E-state index < -0.39 is 0 Å². The standard InChI is InChI=1S/C14H19Cl2N3/c1-3-4-5-6-7-19-13(10(2)15)18-12-8-11(16)9-17-14(12)19/h8-10H,3-7H2,1-2H3. The Morgan fingerprint density at radius 3 is 2.79 bits per heavy atom. The molecule has 0 aromatic carbocycles. The summed E-state index contributed by atoms with van der Waals surface area (Å²) in [7, 11) is 0. The molecule has 0 bridgehead atoms. The highest BCUT2D eigenvalue weighted by molar-refractivity contribution is 6.31. The van der Waals surface area contributed by atoms with Crippen LogP contribution in [0.1, 0.15) is 50.7 Å². The molecule has 3 nitrogen and oxygen atoms in total. The molecule has 5 heteroatoms. The van der Waals surface area contributed by atoms with Gasteiger partial charge in [0.1, 0.15) is 11.3 Å². The number of aromatic nitrogens is 3. The minimum absolute atomic E-state index is 0.126. The van der Waals surface area contributed by atoms with Crippen molar-refractivity contribution in [2.45, 2.75) is 51.5 Å². The van der Waals surface area contributed by atoms with Crippen LogP contribution in [-0.4, -0.2) is 14.5 Å². The number of rotatable bonds is 6. The summed E-state index contributed by atoms with van der Waals surface area (Å²) in [4.78, 5) is 8.95. The van der Waals surface area contributed by atoms with Gasteiger partial charge in [0.15, 0.2) is 5.65 Å². The molecule has 0 aliphatic rings. The maximum atomic E-state index is 6.22. The van der Waals surface area contributed by atoms with E-state index in [9.17, 15) is 0 Å². The van der Waals surface area contributed by atoms with Crippen LogP contribution in [0, 0.1) is 0 Å². The second kappa shape index (κ2) is 6.58. The van der Waals surface area contributed by atoms with Crippen LogP contribution in [0.3, 0.4) is 0 Å². The Morgan fingerprint density at radius 2 is 2.11 bits per heavy atom. The highest BCUT2D eigenvalue weighted by Crippen LogP contribution is 2.25. The van der Waals surface area contributed by atoms with Crippen molar-refractivity contribution in [3.63, 3.8) is 0 Å². The van der Waals surface area contributed by atoms with Crippen molar-refractivity contribution < 1.29 is 0 Å². The van der Waals surface area contributed by atoms with E-state index >= 15 is 0 Å². The molecular weight excluding hydrogens is 281 g/mol. The number of unbranched alkanes of at least 4 members (excludes halogenated alkanes) is 3. The highest BCUT2D eigenvalue weighted by Gasteiger charge is 2.15. The topological polar surface area (TPSA) is 30.7 Å². The van der Waals surface area contributed by atoms with Crippen LogP contribution in [0.25, 0.3) is 11.2 Å². The largest absolute Gasteiger partial charge is 0.311 e. The van der Waals surface area contributed by atoms with Gasteiger partial charge in [-0.25, -0.2) is 9.97 Å². The van der Waals surface area contributed by atoms with Crippen LogP contribution >= 0.6 is 23.2 Å². The molecule has 0 saturated heterocycles. The van der Waals surface area contributed by atoms with Gasteiger partial charge in [0.25, 0.3) is 0 Å². The number of hydrogen-bond acceptors (Lipinski definition) is 2. The minimum Gasteiger partial charge on any atom is -0.311 e. The summed E-state index contributed by atoms with van der Waals surface area (Å²) >= 11 is 12.2. The summed E-state index contributed by atoms with van der Waals surface area (Å²) in [5.74, 6) is 0.878. The van der Waals surface area contributed by atoms with Gasteiger partial charge in [0.2, 0.25) is 0 Å². The molecule has 0 spiro atoms. The van der Waals surface area contributed by atoms with E-state index in [1.54, 1.807) is 6.20 Å². The summed E-state index contributed by atoms with van der Waals surface area (Å²) in [6.45, 7) is 5.06. The quantitative estimate of drug-likeness (QED) is 0.557. The second-order valence-electron chi connectivity index (χ2n) is 4.79. The normalized spacial score (nSPS) is 13.1. The maximum Gasteiger partial charge on any atom is 0.160 e. The Balaban J connectivity index is 2.30. The molecular formula is C14H19Cl2N3. The van der Waals surface area contributed by atoms with Crippen molar-refractivity contribution in [2.75, 3.05) is 0 Å². The monoisotopic (exact) mass is 299 g/mol. The van der Waals surface area contributed by atoms with Crippen molar-refractivity contribution >= 4 is 34.4 Å². The van der Waals surface area contributed by atoms with Crippen LogP contribution in [0.15, 0.2) is 12.3 Å². The zero-order valence-corrected chi connectivity index (χ0v) is 12.9. The zero-order valence-electron chi connectivity index (χ0n) is 11.4. The summed E-state index contributed by atoms with van der Waals surface area (Å²) < 4.78 is 2.12. The third-order valence-electron chi connectivity index (χ3n) is 3.17. The third kappa shape index (κ3) is 3.40. The minimum atomic E-state index is -0.126. The lowest BCUT2D eigenvalue weighted by Crippen LogP contribution is -2.05. The predicted octanol–water partition coefficient (Wildman–Crippen LogP) is 4.96. The molecule has 0 N–H and O–H groups in total. The van der Waals surface area contributed by atoms with Crippen LogP contribution in [0.4, 0.5) is 0 Å². The summed E-state index contributed by atoms with van der Waals surface area (Å²) in [5.41, 5.74) is 1.70. The SMILES string of the molecule is CCCCCCn1c(C(C)Cl)nc2cc(Cl)cnc21. The molecule has 104 valence electrons. The molecule has 0 amide bonds. The summed E-state index contributed by atoms with van der Waals surface area (Å²) in [5, 5.41) is 0.482. The van der Waals surface area contributed by atoms with Gasteiger partial charge in [-0.2, -0.15) is 0 Å². The number of aryl methyl sites for hydroxylation is 1. The van der Waals surface area contributed by atoms with E-state index in [-0.39, 0.29) is 5.38 Å². The van der Waals surface area contributed by atoms with Gasteiger partial charge in [-0.15, -0.1) is 11.6 Å². The van der Waals surface area contributed by atoms with E-state index in [0.717, 1.165) is 30.0 Å². The molecule has 0 radical (unpaired) electrons. The lowest BCUT2D eigenvalue weighted by atomic mass is 10.2. The molecule has 2 aromatic rings. The molecule has 0 saturated carbocycles. The van der Waals surface area contributed by atoms with Gasteiger partial charge in [-0.3, -0.25) is 0 Å². The average molecular weight is 300 g/mol. The highest BCUT2D eigenvalue weighted by atomic mass is 35.5. The molecule has 2 heterocycles. The first-order valence-electron chi connectivity index (χ1n) is 6.79. The molecule has 1 unspecified atom stereocenters. The fraction of sp³-hybridized carbons (Fsp3) is 0.571. The van der Waals surface area contributed by atoms with E-state index in [1.165, 1.54) is 19.3 Å². The Hall–Kier alpha value is -0.800. The van der Waals surface area contributed by atoms with E-state index in [4.69, 9.17) is 23.2 Å². The van der Waals surface area contributed by atoms with E-state index in [0.29, 0.717) is 5.02 Å². The van der Waals surface area contributed by atoms with Crippen LogP contribution in [-0.2, 0) is 6.54 Å². The van der Waals surface area contributed by atoms with Crippen molar-refractivity contribution in [3.05, 3.63) is 23.1 Å². The second-order valence-corrected chi connectivity index (χ2v) is 5.89. The number of pyridine rings is 1. The number of alkyl halides is 1. The maximum absolute atomic E-state index is 6.22. The van der Waals surface area contributed by atoms with E-state index in [1.807, 2.05) is 13.0 Å². The van der Waals surface area contributed by atoms with Crippen LogP contribution in [0.2, 0.25) is 5.02 Å². The van der Waals surface area contributed by atoms with Crippen molar-refractivity contribution in [3.8, 4) is 0 Å². The molecule has 0 aliphatic heterocycles. The number of halogens is 2. The first kappa shape index (κ1) is 14.6. The van der Waals surface area contributed by atoms with Crippen molar-refractivity contribution in [1.82, 2.24) is 14.5 Å². The smallest absolute Gasteiger partial charge is 0.160 e. The van der Waals surface area contributed by atoms with Gasteiger partial charge in [-0.1, -0.05) is 37.8 Å². The number of hydrogen-bond donors (Lipinski definition) is 0. The first-order chi connectivity index (χ1) is 9.13. The number of nitrogens with zero attached hydrogens (tertiary/aromatic N) is 3. The Bertz CT molecular complexity index is 549. The number of fused-ring (bicyclic) bond motifs is 1. The van der Waals surface area contributed by atoms with Crippen molar-refractivity contribution in [2.24, 2.45) is 0 Å². The van der Waals surface area contributed by atoms with Gasteiger partial charge in [-0.05, 0) is 19.4 Å². The average Bonchev–Trinajstić information content (AvgIpc) is 2.72. The van der Waals surface area contributed by atoms with Gasteiger partial charge in [0.05, 0.1) is 10.4 Å². The summed E-state index contributed by atoms with van der Waals surface area (Å²) in [6, 6.07) is 1.84. The fourth-order valence-electron chi connectivity index (χ4n) is 2.22. The lowest BCUT2D eigenvalue weighted by molar-refractivity contribution is 0.572.